The second-order valence-corrected chi connectivity index (χ2v) is 9.16. The van der Waals surface area contributed by atoms with Crippen molar-refractivity contribution >= 4 is 11.8 Å². The zero-order valence-corrected chi connectivity index (χ0v) is 18.8. The van der Waals surface area contributed by atoms with Gasteiger partial charge in [0.2, 0.25) is 5.91 Å². The Hall–Kier alpha value is -2.86. The molecule has 0 bridgehead atoms. The van der Waals surface area contributed by atoms with Gasteiger partial charge in [0.1, 0.15) is 5.75 Å². The van der Waals surface area contributed by atoms with Crippen LogP contribution in [0.2, 0.25) is 0 Å². The number of piperidine rings is 2. The van der Waals surface area contributed by atoms with Crippen LogP contribution in [0.3, 0.4) is 0 Å². The van der Waals surface area contributed by atoms with E-state index in [2.05, 4.69) is 10.6 Å². The average Bonchev–Trinajstić information content (AvgIpc) is 2.83. The zero-order chi connectivity index (χ0) is 22.2. The summed E-state index contributed by atoms with van der Waals surface area (Å²) < 4.78 is 5.66. The minimum Gasteiger partial charge on any atom is -0.496 e. The number of carbonyl (C=O) groups is 2. The lowest BCUT2D eigenvalue weighted by molar-refractivity contribution is -0.145. The first-order chi connectivity index (χ1) is 15.6. The third-order valence-corrected chi connectivity index (χ3v) is 7.40. The van der Waals surface area contributed by atoms with E-state index in [-0.39, 0.29) is 35.9 Å². The summed E-state index contributed by atoms with van der Waals surface area (Å²) in [5.74, 6) is 0.991. The molecule has 3 aliphatic rings. The molecule has 2 saturated heterocycles. The van der Waals surface area contributed by atoms with Crippen LogP contribution in [0.25, 0.3) is 0 Å². The highest BCUT2D eigenvalue weighted by atomic mass is 16.5. The highest BCUT2D eigenvalue weighted by molar-refractivity contribution is 5.97. The maximum absolute atomic E-state index is 13.5. The minimum absolute atomic E-state index is 0.0579. The molecule has 2 aromatic carbocycles. The number of fused-ring (bicyclic) bond motifs is 4. The van der Waals surface area contributed by atoms with E-state index in [0.29, 0.717) is 18.5 Å². The Labute approximate surface area is 189 Å². The fraction of sp³-hybridized carbons (Fsp3) is 0.462. The fourth-order valence-electron chi connectivity index (χ4n) is 5.77. The Morgan fingerprint density at radius 1 is 1.22 bits per heavy atom. The first-order valence-corrected chi connectivity index (χ1v) is 11.7. The number of nitrogens with zero attached hydrogens (tertiary/aromatic N) is 1. The quantitative estimate of drug-likeness (QED) is 0.776. The maximum atomic E-state index is 13.5. The Morgan fingerprint density at radius 2 is 2.03 bits per heavy atom. The molecule has 3 aliphatic heterocycles. The third kappa shape index (κ3) is 3.56. The molecule has 2 aromatic rings. The number of methoxy groups -OCH3 is 1. The van der Waals surface area contributed by atoms with Gasteiger partial charge in [-0.25, -0.2) is 0 Å². The SMILES string of the molecule is COc1ccc(C(=O)N[C@H](C)c2ccccc2)c2c1CCN1C(=O)[C@H]3CCCN[C@H]3C[C@@H]21. The van der Waals surface area contributed by atoms with Gasteiger partial charge in [0.25, 0.3) is 5.91 Å². The van der Waals surface area contributed by atoms with Crippen LogP contribution in [0, 0.1) is 5.92 Å². The highest BCUT2D eigenvalue weighted by Crippen LogP contribution is 2.45. The molecule has 0 aliphatic carbocycles. The molecule has 0 spiro atoms. The summed E-state index contributed by atoms with van der Waals surface area (Å²) in [7, 11) is 1.67. The van der Waals surface area contributed by atoms with Gasteiger partial charge >= 0.3 is 0 Å². The van der Waals surface area contributed by atoms with Crippen molar-refractivity contribution in [1.29, 1.82) is 0 Å². The maximum Gasteiger partial charge on any atom is 0.252 e. The minimum atomic E-state index is -0.112. The first kappa shape index (κ1) is 21.0. The van der Waals surface area contributed by atoms with Crippen LogP contribution in [-0.2, 0) is 11.2 Å². The van der Waals surface area contributed by atoms with Gasteiger partial charge in [-0.05, 0) is 62.4 Å². The Balaban J connectivity index is 1.51. The Morgan fingerprint density at radius 3 is 2.81 bits per heavy atom. The molecule has 168 valence electrons. The summed E-state index contributed by atoms with van der Waals surface area (Å²) in [5, 5.41) is 6.73. The molecule has 0 unspecified atom stereocenters. The number of ether oxygens (including phenoxy) is 1. The van der Waals surface area contributed by atoms with Gasteiger partial charge in [-0.1, -0.05) is 30.3 Å². The predicted molar refractivity (Wildman–Crippen MR) is 123 cm³/mol. The molecule has 2 amide bonds. The number of amides is 2. The van der Waals surface area contributed by atoms with Crippen LogP contribution in [0.1, 0.15) is 65.3 Å². The lowest BCUT2D eigenvalue weighted by Crippen LogP contribution is -2.58. The highest BCUT2D eigenvalue weighted by Gasteiger charge is 2.46. The summed E-state index contributed by atoms with van der Waals surface area (Å²) in [6.07, 6.45) is 3.54. The van der Waals surface area contributed by atoms with Gasteiger partial charge in [-0.15, -0.1) is 0 Å². The number of benzene rings is 2. The van der Waals surface area contributed by atoms with Gasteiger partial charge < -0.3 is 20.3 Å². The van der Waals surface area contributed by atoms with Crippen LogP contribution in [-0.4, -0.2) is 43.0 Å². The van der Waals surface area contributed by atoms with Gasteiger partial charge in [0.15, 0.2) is 0 Å². The van der Waals surface area contributed by atoms with Gasteiger partial charge in [0.05, 0.1) is 25.1 Å². The van der Waals surface area contributed by atoms with Crippen LogP contribution in [0.4, 0.5) is 0 Å². The van der Waals surface area contributed by atoms with E-state index >= 15 is 0 Å². The molecular formula is C26H31N3O3. The molecular weight excluding hydrogens is 402 g/mol. The monoisotopic (exact) mass is 433 g/mol. The van der Waals surface area contributed by atoms with E-state index in [1.807, 2.05) is 54.3 Å². The van der Waals surface area contributed by atoms with Crippen LogP contribution < -0.4 is 15.4 Å². The molecule has 5 rings (SSSR count). The van der Waals surface area contributed by atoms with Crippen molar-refractivity contribution in [2.75, 3.05) is 20.2 Å². The number of carbonyl (C=O) groups excluding carboxylic acids is 2. The largest absolute Gasteiger partial charge is 0.496 e. The summed E-state index contributed by atoms with van der Waals surface area (Å²) in [6, 6.07) is 13.7. The Bertz CT molecular complexity index is 1020. The van der Waals surface area contributed by atoms with Crippen molar-refractivity contribution in [2.24, 2.45) is 5.92 Å². The molecule has 6 nitrogen and oxygen atoms in total. The number of nitrogens with one attached hydrogen (secondary N) is 2. The van der Waals surface area contributed by atoms with Gasteiger partial charge in [-0.2, -0.15) is 0 Å². The summed E-state index contributed by atoms with van der Waals surface area (Å²) in [4.78, 5) is 28.8. The van der Waals surface area contributed by atoms with Crippen molar-refractivity contribution in [2.45, 2.75) is 50.7 Å². The van der Waals surface area contributed by atoms with Crippen molar-refractivity contribution in [3.63, 3.8) is 0 Å². The summed E-state index contributed by atoms with van der Waals surface area (Å²) in [5.41, 5.74) is 3.75. The third-order valence-electron chi connectivity index (χ3n) is 7.40. The molecule has 4 atom stereocenters. The predicted octanol–water partition coefficient (Wildman–Crippen LogP) is 3.38. The van der Waals surface area contributed by atoms with E-state index in [1.165, 1.54) is 0 Å². The zero-order valence-electron chi connectivity index (χ0n) is 18.8. The van der Waals surface area contributed by atoms with E-state index in [0.717, 1.165) is 48.2 Å². The van der Waals surface area contributed by atoms with Gasteiger partial charge in [-0.3, -0.25) is 9.59 Å². The Kier molecular flexibility index (Phi) is 5.64. The van der Waals surface area contributed by atoms with Gasteiger partial charge in [0, 0.05) is 23.7 Å². The lowest BCUT2D eigenvalue weighted by atomic mass is 9.75. The number of hydrogen-bond donors (Lipinski definition) is 2. The van der Waals surface area contributed by atoms with E-state index < -0.39 is 0 Å². The molecule has 32 heavy (non-hydrogen) atoms. The molecule has 0 saturated carbocycles. The van der Waals surface area contributed by atoms with Crippen molar-refractivity contribution in [3.8, 4) is 5.75 Å². The smallest absolute Gasteiger partial charge is 0.252 e. The van der Waals surface area contributed by atoms with E-state index in [1.54, 1.807) is 7.11 Å². The molecule has 0 radical (unpaired) electrons. The van der Waals surface area contributed by atoms with Crippen molar-refractivity contribution in [3.05, 3.63) is 64.7 Å². The second-order valence-electron chi connectivity index (χ2n) is 9.16. The normalized spacial score (nSPS) is 25.2. The topological polar surface area (TPSA) is 70.7 Å². The molecule has 3 heterocycles. The van der Waals surface area contributed by atoms with E-state index in [9.17, 15) is 9.59 Å². The fourth-order valence-corrected chi connectivity index (χ4v) is 5.77. The number of hydrogen-bond acceptors (Lipinski definition) is 4. The summed E-state index contributed by atoms with van der Waals surface area (Å²) in [6.45, 7) is 3.63. The average molecular weight is 434 g/mol. The van der Waals surface area contributed by atoms with Crippen molar-refractivity contribution < 1.29 is 14.3 Å². The molecule has 6 heteroatoms. The van der Waals surface area contributed by atoms with Crippen LogP contribution in [0.5, 0.6) is 5.75 Å². The standard InChI is InChI=1S/C26H31N3O3/c1-16(17-7-4-3-5-8-17)28-25(30)20-10-11-23(32-2)19-12-14-29-22(24(19)20)15-21-18(26(29)31)9-6-13-27-21/h3-5,7-8,10-11,16,18,21-22,27H,6,9,12-15H2,1-2H3,(H,28,30)/t16-,18+,21+,22+/m1/s1. The van der Waals surface area contributed by atoms with Crippen LogP contribution in [0.15, 0.2) is 42.5 Å². The molecule has 0 aromatic heterocycles. The second kappa shape index (κ2) is 8.58. The lowest BCUT2D eigenvalue weighted by Gasteiger charge is -2.49. The first-order valence-electron chi connectivity index (χ1n) is 11.7. The number of rotatable bonds is 4. The molecule has 2 N–H and O–H groups in total. The van der Waals surface area contributed by atoms with Crippen LogP contribution >= 0.6 is 0 Å². The summed E-state index contributed by atoms with van der Waals surface area (Å²) >= 11 is 0. The van der Waals surface area contributed by atoms with Crippen molar-refractivity contribution in [1.82, 2.24) is 15.5 Å². The van der Waals surface area contributed by atoms with E-state index in [4.69, 9.17) is 4.74 Å². The molecule has 2 fully saturated rings.